The average Bonchev–Trinajstić information content (AvgIpc) is 3.37. The van der Waals surface area contributed by atoms with Gasteiger partial charge in [0, 0.05) is 5.92 Å². The number of imidazole rings is 1. The van der Waals surface area contributed by atoms with Crippen LogP contribution in [-0.2, 0) is 18.6 Å². The molecule has 0 radical (unpaired) electrons. The average molecular weight is 521 g/mol. The summed E-state index contributed by atoms with van der Waals surface area (Å²) in [6, 6.07) is 6.13. The van der Waals surface area contributed by atoms with E-state index in [1.165, 1.54) is 31.3 Å². The van der Waals surface area contributed by atoms with E-state index in [0.29, 0.717) is 11.2 Å². The Hall–Kier alpha value is -3.38. The Kier molecular flexibility index (Phi) is 7.36. The van der Waals surface area contributed by atoms with Crippen molar-refractivity contribution in [2.75, 3.05) is 19.5 Å². The van der Waals surface area contributed by atoms with Gasteiger partial charge >= 0.3 is 19.4 Å². The topological polar surface area (TPSA) is 166 Å². The Morgan fingerprint density at radius 2 is 2.11 bits per heavy atom. The first-order chi connectivity index (χ1) is 17.1. The minimum Gasteiger partial charge on any atom is -0.468 e. The number of methoxy groups -OCH3 is 1. The Morgan fingerprint density at radius 1 is 1.39 bits per heavy atom. The number of nitrogens with two attached hydrogens (primary N) is 1. The van der Waals surface area contributed by atoms with Gasteiger partial charge in [0.25, 0.3) is 0 Å². The predicted molar refractivity (Wildman–Crippen MR) is 126 cm³/mol. The van der Waals surface area contributed by atoms with Crippen LogP contribution >= 0.6 is 7.75 Å². The number of carbonyl (C=O) groups excluding carboxylic acids is 1. The van der Waals surface area contributed by atoms with E-state index in [1.807, 2.05) is 0 Å². The molecular weight excluding hydrogens is 494 g/mol. The fraction of sp³-hybridized carbons (Fsp3) is 0.364. The van der Waals surface area contributed by atoms with Gasteiger partial charge in [0.05, 0.1) is 19.8 Å². The van der Waals surface area contributed by atoms with E-state index in [4.69, 9.17) is 14.8 Å². The van der Waals surface area contributed by atoms with Crippen LogP contribution in [0, 0.1) is 5.92 Å². The van der Waals surface area contributed by atoms with E-state index in [0.717, 1.165) is 0 Å². The quantitative estimate of drug-likeness (QED) is 0.141. The van der Waals surface area contributed by atoms with Gasteiger partial charge in [-0.25, -0.2) is 13.5 Å². The Morgan fingerprint density at radius 3 is 2.81 bits per heavy atom. The highest BCUT2D eigenvalue weighted by Gasteiger charge is 2.50. The van der Waals surface area contributed by atoms with Crippen molar-refractivity contribution in [2.24, 2.45) is 5.92 Å². The van der Waals surface area contributed by atoms with E-state index in [-0.39, 0.29) is 17.1 Å². The molecule has 1 aromatic carbocycles. The Bertz CT molecular complexity index is 1310. The van der Waals surface area contributed by atoms with Crippen molar-refractivity contribution in [3.05, 3.63) is 55.1 Å². The molecule has 14 heteroatoms. The lowest BCUT2D eigenvalue weighted by molar-refractivity contribution is -0.695. The number of aliphatic hydroxyl groups excluding tert-OH is 1. The van der Waals surface area contributed by atoms with Crippen LogP contribution in [0.2, 0.25) is 0 Å². The van der Waals surface area contributed by atoms with E-state index in [2.05, 4.69) is 31.4 Å². The first-order valence-electron chi connectivity index (χ1n) is 11.0. The summed E-state index contributed by atoms with van der Waals surface area (Å²) in [7, 11) is -3.00. The number of fused-ring (bicyclic) bond motifs is 1. The number of benzene rings is 1. The maximum absolute atomic E-state index is 15.3. The van der Waals surface area contributed by atoms with Gasteiger partial charge in [0.1, 0.15) is 17.8 Å². The standard InChI is InChI=1S/C22H26FN6O6P/c1-12-15(19(30)16(23)18(12)29-11-27-17-20(24)25-10-26-21(17)29)9-34-36(32,28-13(2)22(31)33-3)35-14-7-5-4-6-8-14/h4-8,10-11,13,15-16,18-19,30H,1,9H2,2-3H3,(H3,24,25,26,28,32)/p+1. The summed E-state index contributed by atoms with van der Waals surface area (Å²) >= 11 is 0. The molecule has 1 saturated carbocycles. The minimum atomic E-state index is -4.19. The number of anilines is 1. The number of carbonyl (C=O) groups is 1. The number of alkyl halides is 1. The smallest absolute Gasteiger partial charge is 0.459 e. The highest BCUT2D eigenvalue weighted by molar-refractivity contribution is 7.52. The third kappa shape index (κ3) is 4.96. The van der Waals surface area contributed by atoms with Crippen molar-refractivity contribution < 1.29 is 37.2 Å². The van der Waals surface area contributed by atoms with Crippen molar-refractivity contribution in [1.82, 2.24) is 20.0 Å². The van der Waals surface area contributed by atoms with Crippen LogP contribution in [0.4, 0.5) is 10.2 Å². The van der Waals surface area contributed by atoms with Gasteiger partial charge in [-0.1, -0.05) is 29.8 Å². The van der Waals surface area contributed by atoms with Crippen molar-refractivity contribution in [2.45, 2.75) is 31.3 Å². The summed E-state index contributed by atoms with van der Waals surface area (Å²) < 4.78 is 46.2. The van der Waals surface area contributed by atoms with Crippen LogP contribution in [0.25, 0.3) is 11.2 Å². The lowest BCUT2D eigenvalue weighted by Crippen LogP contribution is -2.44. The summed E-state index contributed by atoms with van der Waals surface area (Å²) in [5.74, 6) is -1.25. The second-order valence-electron chi connectivity index (χ2n) is 8.27. The fourth-order valence-corrected chi connectivity index (χ4v) is 5.59. The highest BCUT2D eigenvalue weighted by Crippen LogP contribution is 2.48. The molecule has 4 rings (SSSR count). The number of aromatic nitrogens is 4. The summed E-state index contributed by atoms with van der Waals surface area (Å²) in [5.41, 5.74) is 6.88. The fourth-order valence-electron chi connectivity index (χ4n) is 4.08. The molecule has 1 aliphatic carbocycles. The van der Waals surface area contributed by atoms with Gasteiger partial charge < -0.3 is 20.1 Å². The van der Waals surface area contributed by atoms with E-state index in [9.17, 15) is 14.5 Å². The second kappa shape index (κ2) is 10.3. The first-order valence-corrected chi connectivity index (χ1v) is 12.5. The van der Waals surface area contributed by atoms with Crippen molar-refractivity contribution in [3.63, 3.8) is 0 Å². The number of hydrogen-bond acceptors (Lipinski definition) is 9. The lowest BCUT2D eigenvalue weighted by Gasteiger charge is -2.24. The number of nitrogens with zero attached hydrogens (tertiary/aromatic N) is 3. The van der Waals surface area contributed by atoms with Crippen molar-refractivity contribution in [3.8, 4) is 5.75 Å². The molecule has 6 atom stereocenters. The van der Waals surface area contributed by atoms with Crippen LogP contribution in [0.15, 0.2) is 55.1 Å². The molecule has 3 aromatic rings. The molecule has 0 aliphatic heterocycles. The zero-order valence-electron chi connectivity index (χ0n) is 19.6. The highest BCUT2D eigenvalue weighted by atomic mass is 31.2. The van der Waals surface area contributed by atoms with Crippen LogP contribution in [0.5, 0.6) is 5.75 Å². The molecule has 36 heavy (non-hydrogen) atoms. The number of aromatic amines is 1. The predicted octanol–water partition coefficient (Wildman–Crippen LogP) is 1.61. The number of para-hydroxylation sites is 1. The number of halogens is 1. The Balaban J connectivity index is 1.56. The zero-order valence-corrected chi connectivity index (χ0v) is 20.5. The number of ether oxygens (including phenoxy) is 1. The van der Waals surface area contributed by atoms with E-state index in [1.54, 1.807) is 30.3 Å². The van der Waals surface area contributed by atoms with Gasteiger partial charge in [-0.2, -0.15) is 10.1 Å². The second-order valence-corrected chi connectivity index (χ2v) is 9.96. The van der Waals surface area contributed by atoms with Crippen LogP contribution in [0.3, 0.4) is 0 Å². The summed E-state index contributed by atoms with van der Waals surface area (Å²) in [5, 5.41) is 13.2. The van der Waals surface area contributed by atoms with Crippen LogP contribution < -0.4 is 19.9 Å². The van der Waals surface area contributed by atoms with E-state index < -0.39 is 50.6 Å². The molecule has 2 heterocycles. The molecule has 2 aromatic heterocycles. The number of esters is 1. The van der Waals surface area contributed by atoms with Gasteiger partial charge in [0.2, 0.25) is 5.52 Å². The number of H-pyrrole nitrogens is 1. The van der Waals surface area contributed by atoms with Crippen molar-refractivity contribution >= 4 is 30.7 Å². The largest absolute Gasteiger partial charge is 0.468 e. The number of aliphatic hydroxyl groups is 1. The molecule has 1 fully saturated rings. The van der Waals surface area contributed by atoms with Crippen LogP contribution in [0.1, 0.15) is 13.0 Å². The summed E-state index contributed by atoms with van der Waals surface area (Å²) in [4.78, 5) is 22.9. The van der Waals surface area contributed by atoms with E-state index >= 15 is 4.39 Å². The number of nitrogens with one attached hydrogen (secondary N) is 2. The summed E-state index contributed by atoms with van der Waals surface area (Å²) in [6.07, 6.45) is -0.586. The molecule has 5 N–H and O–H groups in total. The molecule has 0 bridgehead atoms. The molecule has 0 amide bonds. The van der Waals surface area contributed by atoms with Gasteiger partial charge in [-0.3, -0.25) is 14.3 Å². The SMILES string of the molecule is C=C1C(COP(=O)(NC(C)C(=O)OC)Oc2ccccc2)C(O)C(F)C1[n+]1c[nH]c2c(N)ncnc21. The number of hydrogen-bond donors (Lipinski definition) is 4. The maximum Gasteiger partial charge on any atom is 0.459 e. The molecule has 12 nitrogen and oxygen atoms in total. The van der Waals surface area contributed by atoms with Gasteiger partial charge in [-0.05, 0) is 24.6 Å². The van der Waals surface area contributed by atoms with Crippen LogP contribution in [-0.4, -0.2) is 58.1 Å². The third-order valence-corrected chi connectivity index (χ3v) is 7.59. The number of nitrogen functional groups attached to an aromatic ring is 1. The van der Waals surface area contributed by atoms with Crippen molar-refractivity contribution in [1.29, 1.82) is 0 Å². The minimum absolute atomic E-state index is 0.183. The molecule has 1 aliphatic rings. The molecule has 192 valence electrons. The normalized spacial score (nSPS) is 24.4. The summed E-state index contributed by atoms with van der Waals surface area (Å²) in [6.45, 7) is 4.99. The molecule has 6 unspecified atom stereocenters. The van der Waals surface area contributed by atoms with Gasteiger partial charge in [-0.15, -0.1) is 0 Å². The lowest BCUT2D eigenvalue weighted by atomic mass is 10.0. The monoisotopic (exact) mass is 521 g/mol. The molecular formula is C22H27FN6O6P+. The Labute approximate surface area is 205 Å². The molecule has 0 saturated heterocycles. The first kappa shape index (κ1) is 25.7. The maximum atomic E-state index is 15.3. The zero-order chi connectivity index (χ0) is 26.0. The third-order valence-electron chi connectivity index (χ3n) is 5.94. The molecule has 0 spiro atoms. The number of rotatable bonds is 9. The van der Waals surface area contributed by atoms with Gasteiger partial charge in [0.15, 0.2) is 24.6 Å².